The molecule has 0 bridgehead atoms. The van der Waals surface area contributed by atoms with E-state index in [1.165, 1.54) is 12.1 Å². The summed E-state index contributed by atoms with van der Waals surface area (Å²) in [4.78, 5) is 12.2. The van der Waals surface area contributed by atoms with Gasteiger partial charge in [0.2, 0.25) is 0 Å². The smallest absolute Gasteiger partial charge is 0.290 e. The molecule has 1 aromatic carbocycles. The Hall–Kier alpha value is -2.04. The van der Waals surface area contributed by atoms with Crippen molar-refractivity contribution in [2.45, 2.75) is 25.3 Å². The molecule has 0 spiro atoms. The second-order valence-electron chi connectivity index (χ2n) is 5.09. The molecule has 0 unspecified atom stereocenters. The Bertz CT molecular complexity index is 665. The van der Waals surface area contributed by atoms with Crippen molar-refractivity contribution >= 4 is 5.69 Å². The first kappa shape index (κ1) is 12.0. The van der Waals surface area contributed by atoms with Gasteiger partial charge < -0.3 is 5.73 Å². The van der Waals surface area contributed by atoms with Gasteiger partial charge in [0.05, 0.1) is 12.2 Å². The third-order valence-electron chi connectivity index (χ3n) is 3.66. The molecule has 5 heteroatoms. The zero-order valence-electron chi connectivity index (χ0n) is 10.8. The monoisotopic (exact) mass is 261 g/mol. The lowest BCUT2D eigenvalue weighted by Crippen LogP contribution is -2.23. The molecule has 1 fully saturated rings. The van der Waals surface area contributed by atoms with E-state index in [2.05, 4.69) is 0 Å². The molecular formula is C14H16FN3O. The molecule has 1 aliphatic rings. The summed E-state index contributed by atoms with van der Waals surface area (Å²) in [6, 6.07) is 6.16. The predicted octanol–water partition coefficient (Wildman–Crippen LogP) is 1.83. The average molecular weight is 261 g/mol. The van der Waals surface area contributed by atoms with E-state index in [1.807, 2.05) is 11.7 Å². The number of anilines is 1. The Kier molecular flexibility index (Phi) is 2.69. The number of hydrogen-bond acceptors (Lipinski definition) is 2. The Balaban J connectivity index is 1.99. The number of nitrogens with zero attached hydrogens (tertiary/aromatic N) is 2. The zero-order valence-corrected chi connectivity index (χ0v) is 10.8. The van der Waals surface area contributed by atoms with Gasteiger partial charge >= 0.3 is 0 Å². The normalized spacial score (nSPS) is 14.8. The lowest BCUT2D eigenvalue weighted by molar-refractivity contribution is 0.518. The Morgan fingerprint density at radius 3 is 2.53 bits per heavy atom. The number of aromatic nitrogens is 2. The van der Waals surface area contributed by atoms with E-state index in [9.17, 15) is 9.18 Å². The molecular weight excluding hydrogens is 245 g/mol. The molecule has 100 valence electrons. The second kappa shape index (κ2) is 4.26. The van der Waals surface area contributed by atoms with E-state index in [4.69, 9.17) is 5.73 Å². The maximum atomic E-state index is 12.9. The van der Waals surface area contributed by atoms with Crippen LogP contribution in [0.1, 0.15) is 30.0 Å². The number of rotatable bonds is 3. The van der Waals surface area contributed by atoms with Crippen molar-refractivity contribution < 1.29 is 4.39 Å². The van der Waals surface area contributed by atoms with Crippen molar-refractivity contribution in [3.05, 3.63) is 51.7 Å². The molecule has 4 nitrogen and oxygen atoms in total. The summed E-state index contributed by atoms with van der Waals surface area (Å²) >= 11 is 0. The van der Waals surface area contributed by atoms with Gasteiger partial charge in [-0.05, 0) is 30.5 Å². The SMILES string of the molecule is Cn1c(C2CC2)c(N)c(=O)n1Cc1ccc(F)cc1. The number of hydrogen-bond donors (Lipinski definition) is 1. The van der Waals surface area contributed by atoms with Crippen molar-refractivity contribution in [1.82, 2.24) is 9.36 Å². The van der Waals surface area contributed by atoms with E-state index in [0.29, 0.717) is 18.2 Å². The summed E-state index contributed by atoms with van der Waals surface area (Å²) in [5.74, 6) is 0.147. The van der Waals surface area contributed by atoms with Crippen LogP contribution in [0.25, 0.3) is 0 Å². The van der Waals surface area contributed by atoms with E-state index in [-0.39, 0.29) is 11.4 Å². The highest BCUT2D eigenvalue weighted by molar-refractivity contribution is 5.45. The molecule has 1 aromatic heterocycles. The van der Waals surface area contributed by atoms with Crippen molar-refractivity contribution in [3.8, 4) is 0 Å². The summed E-state index contributed by atoms with van der Waals surface area (Å²) in [6.45, 7) is 0.409. The van der Waals surface area contributed by atoms with Crippen molar-refractivity contribution in [3.63, 3.8) is 0 Å². The Labute approximate surface area is 110 Å². The number of halogens is 1. The van der Waals surface area contributed by atoms with E-state index < -0.39 is 0 Å². The highest BCUT2D eigenvalue weighted by Crippen LogP contribution is 2.41. The van der Waals surface area contributed by atoms with Gasteiger partial charge in [-0.1, -0.05) is 12.1 Å². The van der Waals surface area contributed by atoms with Gasteiger partial charge in [0.25, 0.3) is 5.56 Å². The second-order valence-corrected chi connectivity index (χ2v) is 5.09. The van der Waals surface area contributed by atoms with Gasteiger partial charge in [0.15, 0.2) is 0 Å². The van der Waals surface area contributed by atoms with Crippen LogP contribution in [-0.4, -0.2) is 9.36 Å². The minimum atomic E-state index is -0.277. The van der Waals surface area contributed by atoms with Crippen LogP contribution in [0.4, 0.5) is 10.1 Å². The van der Waals surface area contributed by atoms with E-state index in [0.717, 1.165) is 24.1 Å². The standard InChI is InChI=1S/C14H16FN3O/c1-17-13(10-4-5-10)12(16)14(19)18(17)8-9-2-6-11(15)7-3-9/h2-3,6-7,10H,4-5,8,16H2,1H3. The third kappa shape index (κ3) is 2.05. The highest BCUT2D eigenvalue weighted by Gasteiger charge is 2.31. The molecule has 0 atom stereocenters. The minimum absolute atomic E-state index is 0.159. The number of benzene rings is 1. The molecule has 0 aliphatic heterocycles. The van der Waals surface area contributed by atoms with Crippen LogP contribution in [0.2, 0.25) is 0 Å². The Morgan fingerprint density at radius 2 is 1.95 bits per heavy atom. The first-order chi connectivity index (χ1) is 9.08. The summed E-state index contributed by atoms with van der Waals surface area (Å²) in [7, 11) is 1.86. The van der Waals surface area contributed by atoms with Crippen LogP contribution in [0.5, 0.6) is 0 Å². The highest BCUT2D eigenvalue weighted by atomic mass is 19.1. The molecule has 0 saturated heterocycles. The molecule has 19 heavy (non-hydrogen) atoms. The van der Waals surface area contributed by atoms with Crippen LogP contribution in [0.15, 0.2) is 29.1 Å². The van der Waals surface area contributed by atoms with E-state index >= 15 is 0 Å². The van der Waals surface area contributed by atoms with Gasteiger partial charge in [0.1, 0.15) is 11.5 Å². The fourth-order valence-electron chi connectivity index (χ4n) is 2.47. The van der Waals surface area contributed by atoms with Crippen molar-refractivity contribution in [2.75, 3.05) is 5.73 Å². The maximum absolute atomic E-state index is 12.9. The van der Waals surface area contributed by atoms with Gasteiger partial charge in [-0.15, -0.1) is 0 Å². The zero-order chi connectivity index (χ0) is 13.6. The number of nitrogen functional groups attached to an aromatic ring is 1. The van der Waals surface area contributed by atoms with Crippen LogP contribution in [-0.2, 0) is 13.6 Å². The van der Waals surface area contributed by atoms with Crippen LogP contribution in [0, 0.1) is 5.82 Å². The van der Waals surface area contributed by atoms with Crippen LogP contribution in [0.3, 0.4) is 0 Å². The molecule has 0 amide bonds. The molecule has 1 saturated carbocycles. The van der Waals surface area contributed by atoms with Crippen molar-refractivity contribution in [1.29, 1.82) is 0 Å². The predicted molar refractivity (Wildman–Crippen MR) is 71.6 cm³/mol. The fraction of sp³-hybridized carbons (Fsp3) is 0.357. The van der Waals surface area contributed by atoms with Crippen LogP contribution < -0.4 is 11.3 Å². The van der Waals surface area contributed by atoms with Gasteiger partial charge in [-0.2, -0.15) is 0 Å². The van der Waals surface area contributed by atoms with E-state index in [1.54, 1.807) is 16.8 Å². The lowest BCUT2D eigenvalue weighted by atomic mass is 10.2. The molecule has 1 aliphatic carbocycles. The quantitative estimate of drug-likeness (QED) is 0.916. The molecule has 2 aromatic rings. The molecule has 2 N–H and O–H groups in total. The van der Waals surface area contributed by atoms with Gasteiger partial charge in [-0.25, -0.2) is 9.07 Å². The summed E-state index contributed by atoms with van der Waals surface area (Å²) in [5.41, 5.74) is 7.92. The molecule has 1 heterocycles. The van der Waals surface area contributed by atoms with Crippen molar-refractivity contribution in [2.24, 2.45) is 7.05 Å². The topological polar surface area (TPSA) is 52.9 Å². The lowest BCUT2D eigenvalue weighted by Gasteiger charge is -2.09. The molecule has 0 radical (unpaired) electrons. The number of nitrogens with two attached hydrogens (primary N) is 1. The minimum Gasteiger partial charge on any atom is -0.393 e. The third-order valence-corrected chi connectivity index (χ3v) is 3.66. The first-order valence-electron chi connectivity index (χ1n) is 6.37. The fourth-order valence-corrected chi connectivity index (χ4v) is 2.47. The summed E-state index contributed by atoms with van der Waals surface area (Å²) in [5, 5.41) is 0. The largest absolute Gasteiger partial charge is 0.393 e. The Morgan fingerprint density at radius 1 is 1.32 bits per heavy atom. The maximum Gasteiger partial charge on any atom is 0.290 e. The average Bonchev–Trinajstić information content (AvgIpc) is 3.18. The molecule has 3 rings (SSSR count). The van der Waals surface area contributed by atoms with Crippen LogP contribution >= 0.6 is 0 Å². The summed E-state index contributed by atoms with van der Waals surface area (Å²) in [6.07, 6.45) is 2.19. The first-order valence-corrected chi connectivity index (χ1v) is 6.37. The summed E-state index contributed by atoms with van der Waals surface area (Å²) < 4.78 is 16.3. The van der Waals surface area contributed by atoms with Gasteiger partial charge in [0, 0.05) is 13.0 Å². The van der Waals surface area contributed by atoms with Gasteiger partial charge in [-0.3, -0.25) is 9.48 Å².